The van der Waals surface area contributed by atoms with E-state index in [1.165, 1.54) is 0 Å². The average Bonchev–Trinajstić information content (AvgIpc) is 2.99. The predicted octanol–water partition coefficient (Wildman–Crippen LogP) is 4.28. The van der Waals surface area contributed by atoms with Gasteiger partial charge in [0, 0.05) is 50.1 Å². The van der Waals surface area contributed by atoms with Crippen LogP contribution in [0.15, 0.2) is 48.7 Å². The Bertz CT molecular complexity index is 953. The van der Waals surface area contributed by atoms with Crippen LogP contribution >= 0.6 is 22.6 Å². The summed E-state index contributed by atoms with van der Waals surface area (Å²) in [5.41, 5.74) is 4.82. The van der Waals surface area contributed by atoms with E-state index in [4.69, 9.17) is 0 Å². The number of halogens is 1. The molecule has 0 aliphatic carbocycles. The van der Waals surface area contributed by atoms with Crippen molar-refractivity contribution in [2.75, 3.05) is 5.32 Å². The van der Waals surface area contributed by atoms with Gasteiger partial charge in [-0.15, -0.1) is 0 Å². The van der Waals surface area contributed by atoms with Crippen molar-refractivity contribution in [3.63, 3.8) is 0 Å². The van der Waals surface area contributed by atoms with Gasteiger partial charge >= 0.3 is 0 Å². The molecule has 0 saturated carbocycles. The Kier molecular flexibility index (Phi) is 3.07. The lowest BCUT2D eigenvalue weighted by molar-refractivity contribution is -0.110. The Morgan fingerprint density at radius 3 is 2.86 bits per heavy atom. The number of nitrogens with zero attached hydrogens (tertiary/aromatic N) is 1. The van der Waals surface area contributed by atoms with Crippen LogP contribution in [-0.2, 0) is 11.8 Å². The second-order valence-corrected chi connectivity index (χ2v) is 6.66. The van der Waals surface area contributed by atoms with Gasteiger partial charge in [0.2, 0.25) is 0 Å². The molecule has 0 bridgehead atoms. The molecule has 0 unspecified atom stereocenters. The number of nitrogens with one attached hydrogen (secondary N) is 1. The molecule has 108 valence electrons. The standard InChI is InChI=1S/C18H13IN2O/c1-21-10-11(13-4-2-3-5-17(13)21)8-15-14-9-12(19)6-7-16(14)20-18(15)22/h2-10H,1H3,(H,20,22). The van der Waals surface area contributed by atoms with Gasteiger partial charge in [-0.25, -0.2) is 0 Å². The number of aromatic nitrogens is 1. The molecule has 2 heterocycles. The van der Waals surface area contributed by atoms with E-state index < -0.39 is 0 Å². The van der Waals surface area contributed by atoms with Crippen LogP contribution < -0.4 is 5.32 Å². The number of aryl methyl sites for hydroxylation is 1. The van der Waals surface area contributed by atoms with Gasteiger partial charge in [-0.3, -0.25) is 4.79 Å². The van der Waals surface area contributed by atoms with E-state index in [9.17, 15) is 4.79 Å². The van der Waals surface area contributed by atoms with Gasteiger partial charge in [0.15, 0.2) is 0 Å². The van der Waals surface area contributed by atoms with Crippen LogP contribution in [0.2, 0.25) is 0 Å². The van der Waals surface area contributed by atoms with Crippen LogP contribution in [0.3, 0.4) is 0 Å². The maximum atomic E-state index is 12.3. The third kappa shape index (κ3) is 2.06. The Balaban J connectivity index is 1.93. The largest absolute Gasteiger partial charge is 0.350 e. The fraction of sp³-hybridized carbons (Fsp3) is 0.0556. The van der Waals surface area contributed by atoms with Gasteiger partial charge in [-0.2, -0.15) is 0 Å². The summed E-state index contributed by atoms with van der Waals surface area (Å²) in [5, 5.41) is 4.09. The summed E-state index contributed by atoms with van der Waals surface area (Å²) in [5.74, 6) is -0.0371. The molecular weight excluding hydrogens is 387 g/mol. The third-order valence-corrected chi connectivity index (χ3v) is 4.66. The van der Waals surface area contributed by atoms with Crippen molar-refractivity contribution >= 4 is 56.7 Å². The molecule has 0 saturated heterocycles. The first-order chi connectivity index (χ1) is 10.6. The number of anilines is 1. The van der Waals surface area contributed by atoms with Crippen LogP contribution in [0.1, 0.15) is 11.1 Å². The van der Waals surface area contributed by atoms with E-state index in [1.807, 2.05) is 43.5 Å². The Morgan fingerprint density at radius 1 is 1.18 bits per heavy atom. The van der Waals surface area contributed by atoms with Crippen LogP contribution in [0.25, 0.3) is 22.6 Å². The Labute approximate surface area is 141 Å². The van der Waals surface area contributed by atoms with E-state index in [1.54, 1.807) is 0 Å². The molecule has 2 aromatic carbocycles. The fourth-order valence-electron chi connectivity index (χ4n) is 2.95. The van der Waals surface area contributed by atoms with Gasteiger partial charge in [0.05, 0.1) is 0 Å². The van der Waals surface area contributed by atoms with Gasteiger partial charge < -0.3 is 9.88 Å². The van der Waals surface area contributed by atoms with Crippen molar-refractivity contribution in [1.29, 1.82) is 0 Å². The second kappa shape index (κ2) is 4.98. The minimum atomic E-state index is -0.0371. The number of hydrogen-bond donors (Lipinski definition) is 1. The topological polar surface area (TPSA) is 34.0 Å². The molecule has 0 spiro atoms. The summed E-state index contributed by atoms with van der Waals surface area (Å²) in [6, 6.07) is 14.2. The molecular formula is C18H13IN2O. The van der Waals surface area contributed by atoms with Crippen molar-refractivity contribution in [3.05, 3.63) is 63.4 Å². The highest BCUT2D eigenvalue weighted by atomic mass is 127. The lowest BCUT2D eigenvalue weighted by atomic mass is 10.0. The molecule has 4 rings (SSSR count). The Hall–Kier alpha value is -2.08. The summed E-state index contributed by atoms with van der Waals surface area (Å²) in [6.45, 7) is 0. The number of carbonyl (C=O) groups excluding carboxylic acids is 1. The molecule has 0 radical (unpaired) electrons. The van der Waals surface area contributed by atoms with Crippen molar-refractivity contribution in [3.8, 4) is 0 Å². The number of benzene rings is 2. The molecule has 4 heteroatoms. The average molecular weight is 400 g/mol. The molecule has 1 aliphatic rings. The molecule has 1 amide bonds. The SMILES string of the molecule is Cn1cc(C=C2C(=O)Nc3ccc(I)cc32)c2ccccc21. The van der Waals surface area contributed by atoms with Gasteiger partial charge in [0.25, 0.3) is 5.91 Å². The first-order valence-corrected chi connectivity index (χ1v) is 8.08. The second-order valence-electron chi connectivity index (χ2n) is 5.41. The van der Waals surface area contributed by atoms with Gasteiger partial charge in [-0.05, 0) is 52.9 Å². The fourth-order valence-corrected chi connectivity index (χ4v) is 3.44. The summed E-state index contributed by atoms with van der Waals surface area (Å²) in [7, 11) is 2.02. The minimum Gasteiger partial charge on any atom is -0.350 e. The van der Waals surface area contributed by atoms with E-state index in [-0.39, 0.29) is 5.91 Å². The highest BCUT2D eigenvalue weighted by molar-refractivity contribution is 14.1. The zero-order valence-corrected chi connectivity index (χ0v) is 14.1. The minimum absolute atomic E-state index is 0.0371. The molecule has 3 nitrogen and oxygen atoms in total. The normalized spacial score (nSPS) is 15.4. The number of rotatable bonds is 1. The zero-order chi connectivity index (χ0) is 15.3. The Morgan fingerprint density at radius 2 is 2.00 bits per heavy atom. The number of amides is 1. The number of carbonyl (C=O) groups is 1. The lowest BCUT2D eigenvalue weighted by Crippen LogP contribution is -2.03. The highest BCUT2D eigenvalue weighted by Gasteiger charge is 2.24. The molecule has 0 fully saturated rings. The first kappa shape index (κ1) is 13.6. The van der Waals surface area contributed by atoms with E-state index in [0.717, 1.165) is 36.9 Å². The van der Waals surface area contributed by atoms with Crippen molar-refractivity contribution in [2.45, 2.75) is 0 Å². The smallest absolute Gasteiger partial charge is 0.256 e. The summed E-state index contributed by atoms with van der Waals surface area (Å²) >= 11 is 2.27. The highest BCUT2D eigenvalue weighted by Crippen LogP contribution is 2.35. The lowest BCUT2D eigenvalue weighted by Gasteiger charge is -1.99. The molecule has 1 aromatic heterocycles. The maximum Gasteiger partial charge on any atom is 0.256 e. The van der Waals surface area contributed by atoms with E-state index >= 15 is 0 Å². The number of hydrogen-bond acceptors (Lipinski definition) is 1. The van der Waals surface area contributed by atoms with Crippen LogP contribution in [0, 0.1) is 3.57 Å². The van der Waals surface area contributed by atoms with E-state index in [0.29, 0.717) is 0 Å². The first-order valence-electron chi connectivity index (χ1n) is 7.00. The summed E-state index contributed by atoms with van der Waals surface area (Å²) in [6.07, 6.45) is 4.05. The third-order valence-electron chi connectivity index (χ3n) is 3.99. The predicted molar refractivity (Wildman–Crippen MR) is 98.6 cm³/mol. The molecule has 1 aliphatic heterocycles. The summed E-state index contributed by atoms with van der Waals surface area (Å²) < 4.78 is 3.21. The summed E-state index contributed by atoms with van der Waals surface area (Å²) in [4.78, 5) is 12.3. The van der Waals surface area contributed by atoms with Crippen molar-refractivity contribution in [1.82, 2.24) is 4.57 Å². The van der Waals surface area contributed by atoms with Crippen LogP contribution in [-0.4, -0.2) is 10.5 Å². The maximum absolute atomic E-state index is 12.3. The van der Waals surface area contributed by atoms with Gasteiger partial charge in [-0.1, -0.05) is 18.2 Å². The van der Waals surface area contributed by atoms with Crippen LogP contribution in [0.4, 0.5) is 5.69 Å². The zero-order valence-electron chi connectivity index (χ0n) is 11.9. The monoisotopic (exact) mass is 400 g/mol. The van der Waals surface area contributed by atoms with E-state index in [2.05, 4.69) is 50.8 Å². The number of fused-ring (bicyclic) bond motifs is 2. The van der Waals surface area contributed by atoms with Gasteiger partial charge in [0.1, 0.15) is 0 Å². The molecule has 1 N–H and O–H groups in total. The van der Waals surface area contributed by atoms with Crippen molar-refractivity contribution < 1.29 is 4.79 Å². The molecule has 0 atom stereocenters. The van der Waals surface area contributed by atoms with Crippen LogP contribution in [0.5, 0.6) is 0 Å². The molecule has 22 heavy (non-hydrogen) atoms. The quantitative estimate of drug-likeness (QED) is 0.481. The number of para-hydroxylation sites is 1. The van der Waals surface area contributed by atoms with Crippen molar-refractivity contribution in [2.24, 2.45) is 7.05 Å². The molecule has 3 aromatic rings.